The number of halogens is 1. The van der Waals surface area contributed by atoms with Gasteiger partial charge in [-0.3, -0.25) is 4.99 Å². The van der Waals surface area contributed by atoms with Crippen LogP contribution >= 0.6 is 34.7 Å². The second-order valence-corrected chi connectivity index (χ2v) is 11.0. The number of aliphatic imine (C=N–C) groups is 1. The highest BCUT2D eigenvalue weighted by atomic mass is 35.5. The van der Waals surface area contributed by atoms with Crippen molar-refractivity contribution in [2.45, 2.75) is 37.2 Å². The van der Waals surface area contributed by atoms with Gasteiger partial charge in [0.15, 0.2) is 4.47 Å². The lowest BCUT2D eigenvalue weighted by Gasteiger charge is -2.29. The molecule has 0 saturated carbocycles. The fourth-order valence-corrected chi connectivity index (χ4v) is 5.93. The van der Waals surface area contributed by atoms with Crippen molar-refractivity contribution in [3.05, 3.63) is 87.3 Å². The molecule has 1 N–H and O–H groups in total. The number of thiazole rings is 1. The Morgan fingerprint density at radius 2 is 1.87 bits per heavy atom. The maximum atomic E-state index is 5.91. The van der Waals surface area contributed by atoms with Crippen LogP contribution in [0.25, 0.3) is 10.8 Å². The first-order chi connectivity index (χ1) is 15.0. The number of nitrogens with zero attached hydrogens (tertiary/aromatic N) is 2. The summed E-state index contributed by atoms with van der Waals surface area (Å²) in [6, 6.07) is 21.6. The molecule has 6 heteroatoms. The second kappa shape index (κ2) is 8.30. The average Bonchev–Trinajstić information content (AvgIpc) is 3.17. The van der Waals surface area contributed by atoms with Crippen LogP contribution in [-0.4, -0.2) is 15.6 Å². The van der Waals surface area contributed by atoms with Crippen molar-refractivity contribution in [2.24, 2.45) is 4.99 Å². The zero-order valence-corrected chi connectivity index (χ0v) is 19.7. The molecule has 4 aromatic rings. The summed E-state index contributed by atoms with van der Waals surface area (Å²) >= 11 is 9.15. The van der Waals surface area contributed by atoms with Gasteiger partial charge < -0.3 is 5.32 Å². The quantitative estimate of drug-likeness (QED) is 0.341. The van der Waals surface area contributed by atoms with Crippen LogP contribution in [0, 0.1) is 0 Å². The van der Waals surface area contributed by atoms with E-state index < -0.39 is 0 Å². The third-order valence-electron chi connectivity index (χ3n) is 5.35. The molecule has 2 heterocycles. The molecule has 0 fully saturated rings. The summed E-state index contributed by atoms with van der Waals surface area (Å²) in [5.74, 6) is 0. The van der Waals surface area contributed by atoms with Crippen LogP contribution in [-0.2, 0) is 13.0 Å². The van der Waals surface area contributed by atoms with E-state index in [0.717, 1.165) is 28.6 Å². The molecular weight excluding hydrogens is 442 g/mol. The molecule has 3 nitrogen and oxygen atoms in total. The number of nitrogens with one attached hydrogen (secondary N) is 1. The van der Waals surface area contributed by atoms with Crippen LogP contribution in [0.15, 0.2) is 76.7 Å². The van der Waals surface area contributed by atoms with Gasteiger partial charge >= 0.3 is 0 Å². The molecule has 1 aliphatic heterocycles. The van der Waals surface area contributed by atoms with Gasteiger partial charge in [0.2, 0.25) is 0 Å². The Kier molecular flexibility index (Phi) is 5.51. The van der Waals surface area contributed by atoms with Gasteiger partial charge in [-0.1, -0.05) is 59.8 Å². The third kappa shape index (κ3) is 4.49. The normalized spacial score (nSPS) is 14.9. The molecule has 0 bridgehead atoms. The molecule has 156 valence electrons. The van der Waals surface area contributed by atoms with E-state index in [1.165, 1.54) is 38.1 Å². The predicted molar refractivity (Wildman–Crippen MR) is 135 cm³/mol. The molecule has 5 rings (SSSR count). The zero-order chi connectivity index (χ0) is 21.4. The van der Waals surface area contributed by atoms with Gasteiger partial charge in [-0.05, 0) is 60.9 Å². The Balaban J connectivity index is 1.38. The molecule has 0 radical (unpaired) electrons. The minimum Gasteiger partial charge on any atom is -0.380 e. The summed E-state index contributed by atoms with van der Waals surface area (Å²) < 4.78 is 0.577. The van der Waals surface area contributed by atoms with E-state index in [1.807, 2.05) is 6.20 Å². The van der Waals surface area contributed by atoms with E-state index in [2.05, 4.69) is 84.8 Å². The number of rotatable bonds is 4. The lowest BCUT2D eigenvalue weighted by molar-refractivity contribution is 0.517. The Labute approximate surface area is 195 Å². The van der Waals surface area contributed by atoms with Crippen molar-refractivity contribution in [1.82, 2.24) is 4.98 Å². The van der Waals surface area contributed by atoms with Crippen molar-refractivity contribution in [3.8, 4) is 0 Å². The van der Waals surface area contributed by atoms with Crippen LogP contribution in [0.4, 0.5) is 5.69 Å². The van der Waals surface area contributed by atoms with Crippen molar-refractivity contribution in [1.29, 1.82) is 0 Å². The summed E-state index contributed by atoms with van der Waals surface area (Å²) in [4.78, 5) is 11.5. The number of hydrogen-bond donors (Lipinski definition) is 1. The van der Waals surface area contributed by atoms with Gasteiger partial charge in [0.05, 0.1) is 12.1 Å². The van der Waals surface area contributed by atoms with Crippen molar-refractivity contribution in [3.63, 3.8) is 0 Å². The third-order valence-corrected chi connectivity index (χ3v) is 7.47. The lowest BCUT2D eigenvalue weighted by atomic mass is 9.86. The van der Waals surface area contributed by atoms with Crippen LogP contribution < -0.4 is 5.32 Å². The Morgan fingerprint density at radius 1 is 1.06 bits per heavy atom. The van der Waals surface area contributed by atoms with Crippen molar-refractivity contribution in [2.75, 3.05) is 5.32 Å². The first-order valence-corrected chi connectivity index (χ1v) is 12.2. The molecule has 0 aliphatic carbocycles. The van der Waals surface area contributed by atoms with E-state index in [1.54, 1.807) is 11.8 Å². The lowest BCUT2D eigenvalue weighted by Crippen LogP contribution is -2.28. The average molecular weight is 464 g/mol. The molecule has 0 saturated heterocycles. The maximum absolute atomic E-state index is 5.91. The first kappa shape index (κ1) is 20.6. The van der Waals surface area contributed by atoms with Gasteiger partial charge in [-0.2, -0.15) is 0 Å². The summed E-state index contributed by atoms with van der Waals surface area (Å²) in [6.07, 6.45) is 2.77. The molecule has 0 unspecified atom stereocenters. The number of fused-ring (bicyclic) bond motifs is 3. The number of aromatic nitrogens is 1. The van der Waals surface area contributed by atoms with E-state index in [-0.39, 0.29) is 5.54 Å². The number of hydrogen-bond acceptors (Lipinski definition) is 5. The Bertz CT molecular complexity index is 1280. The van der Waals surface area contributed by atoms with E-state index in [0.29, 0.717) is 4.47 Å². The fraction of sp³-hybridized carbons (Fsp3) is 0.200. The molecular formula is C25H22ClN3S2. The minimum absolute atomic E-state index is 0.114. The van der Waals surface area contributed by atoms with Crippen LogP contribution in [0.1, 0.15) is 29.9 Å². The zero-order valence-electron chi connectivity index (χ0n) is 17.4. The summed E-state index contributed by atoms with van der Waals surface area (Å²) in [5, 5.41) is 7.15. The highest BCUT2D eigenvalue weighted by Gasteiger charge is 2.28. The summed E-state index contributed by atoms with van der Waals surface area (Å²) in [7, 11) is 0. The van der Waals surface area contributed by atoms with Crippen molar-refractivity contribution < 1.29 is 0 Å². The first-order valence-electron chi connectivity index (χ1n) is 10.2. The SMILES string of the molecule is CC1(C)Cc2c(ccc3ccccc23)C(Sc2ccc(NCc3cnc(Cl)s3)cc2)=N1. The highest BCUT2D eigenvalue weighted by molar-refractivity contribution is 8.14. The molecule has 0 spiro atoms. The van der Waals surface area contributed by atoms with E-state index >= 15 is 0 Å². The van der Waals surface area contributed by atoms with E-state index in [4.69, 9.17) is 16.6 Å². The minimum atomic E-state index is -0.114. The smallest absolute Gasteiger partial charge is 0.183 e. The van der Waals surface area contributed by atoms with E-state index in [9.17, 15) is 0 Å². The Hall–Kier alpha value is -2.34. The van der Waals surface area contributed by atoms with Crippen LogP contribution in [0.2, 0.25) is 4.47 Å². The molecule has 0 amide bonds. The van der Waals surface area contributed by atoms with Gasteiger partial charge in [-0.15, -0.1) is 11.3 Å². The van der Waals surface area contributed by atoms with Gasteiger partial charge in [0.1, 0.15) is 5.04 Å². The maximum Gasteiger partial charge on any atom is 0.183 e. The number of thioether (sulfide) groups is 1. The Morgan fingerprint density at radius 3 is 2.65 bits per heavy atom. The van der Waals surface area contributed by atoms with Gasteiger partial charge in [0.25, 0.3) is 0 Å². The molecule has 1 aromatic heterocycles. The van der Waals surface area contributed by atoms with Crippen LogP contribution in [0.3, 0.4) is 0 Å². The predicted octanol–water partition coefficient (Wildman–Crippen LogP) is 7.44. The number of anilines is 1. The highest BCUT2D eigenvalue weighted by Crippen LogP contribution is 2.37. The number of benzene rings is 3. The summed E-state index contributed by atoms with van der Waals surface area (Å²) in [5.41, 5.74) is 3.62. The van der Waals surface area contributed by atoms with Gasteiger partial charge in [-0.25, -0.2) is 4.98 Å². The van der Waals surface area contributed by atoms with Crippen molar-refractivity contribution >= 4 is 56.2 Å². The summed E-state index contributed by atoms with van der Waals surface area (Å²) in [6.45, 7) is 5.16. The fourth-order valence-electron chi connectivity index (χ4n) is 3.92. The molecule has 1 aliphatic rings. The largest absolute Gasteiger partial charge is 0.380 e. The molecule has 3 aromatic carbocycles. The van der Waals surface area contributed by atoms with Gasteiger partial charge in [0, 0.05) is 27.2 Å². The van der Waals surface area contributed by atoms with Crippen LogP contribution in [0.5, 0.6) is 0 Å². The topological polar surface area (TPSA) is 37.3 Å². The molecule has 31 heavy (non-hydrogen) atoms. The molecule has 0 atom stereocenters. The monoisotopic (exact) mass is 463 g/mol. The second-order valence-electron chi connectivity index (χ2n) is 8.28. The standard InChI is InChI=1S/C25H22ClN3S2/c1-25(2)13-22-20-6-4-3-5-16(20)7-12-21(22)23(29-25)30-18-10-8-17(9-11-18)27-14-19-15-28-24(26)31-19/h3-12,15,27H,13-14H2,1-2H3.